The Morgan fingerprint density at radius 2 is 1.92 bits per heavy atom. The van der Waals surface area contributed by atoms with Crippen molar-refractivity contribution in [3.8, 4) is 0 Å². The van der Waals surface area contributed by atoms with Crippen LogP contribution in [0.15, 0.2) is 27.2 Å². The number of nitrogens with zero attached hydrogens (tertiary/aromatic N) is 4. The maximum absolute atomic E-state index is 14.1. The first kappa shape index (κ1) is 18.4. The number of aromatic nitrogens is 3. The van der Waals surface area contributed by atoms with Gasteiger partial charge in [0.2, 0.25) is 5.89 Å². The number of hydrogen-bond donors (Lipinski definition) is 1. The number of rotatable bonds is 4. The zero-order chi connectivity index (χ0) is 19.1. The molecule has 6 nitrogen and oxygen atoms in total. The number of benzene rings is 1. The lowest BCUT2D eigenvalue weighted by Crippen LogP contribution is -2.11. The summed E-state index contributed by atoms with van der Waals surface area (Å²) in [7, 11) is 3.43. The molecule has 26 heavy (non-hydrogen) atoms. The number of alkyl halides is 3. The van der Waals surface area contributed by atoms with Gasteiger partial charge >= 0.3 is 6.18 Å². The summed E-state index contributed by atoms with van der Waals surface area (Å²) in [6.45, 7) is -0.0363. The molecule has 2 aromatic heterocycles. The van der Waals surface area contributed by atoms with E-state index >= 15 is 0 Å². The topological polar surface area (TPSA) is 67.1 Å². The Bertz CT molecular complexity index is 957. The molecule has 0 bridgehead atoms. The van der Waals surface area contributed by atoms with Gasteiger partial charge in [-0.25, -0.2) is 9.37 Å². The Balaban J connectivity index is 2.02. The van der Waals surface area contributed by atoms with Crippen molar-refractivity contribution in [2.24, 2.45) is 0 Å². The van der Waals surface area contributed by atoms with Gasteiger partial charge in [0.15, 0.2) is 5.82 Å². The second-order valence-corrected chi connectivity index (χ2v) is 6.49. The Hall–Kier alpha value is -2.43. The molecule has 0 aliphatic carbocycles. The summed E-state index contributed by atoms with van der Waals surface area (Å²) >= 11 is 3.13. The Morgan fingerprint density at radius 1 is 1.19 bits per heavy atom. The number of anilines is 2. The van der Waals surface area contributed by atoms with Crippen molar-refractivity contribution in [3.05, 3.63) is 40.1 Å². The van der Waals surface area contributed by atoms with Crippen molar-refractivity contribution >= 4 is 38.5 Å². The third-order valence-electron chi connectivity index (χ3n) is 3.41. The van der Waals surface area contributed by atoms with Gasteiger partial charge in [0.25, 0.3) is 5.95 Å². The maximum atomic E-state index is 14.1. The molecule has 0 atom stereocenters. The lowest BCUT2D eigenvalue weighted by Gasteiger charge is -2.13. The molecule has 0 saturated carbocycles. The fourth-order valence-electron chi connectivity index (χ4n) is 2.21. The van der Waals surface area contributed by atoms with Crippen LogP contribution in [0.1, 0.15) is 11.6 Å². The van der Waals surface area contributed by atoms with Gasteiger partial charge in [0.1, 0.15) is 11.2 Å². The van der Waals surface area contributed by atoms with E-state index in [0.717, 1.165) is 12.1 Å². The van der Waals surface area contributed by atoms with Gasteiger partial charge < -0.3 is 14.7 Å². The van der Waals surface area contributed by atoms with Crippen molar-refractivity contribution in [2.75, 3.05) is 24.3 Å². The van der Waals surface area contributed by atoms with E-state index < -0.39 is 17.7 Å². The lowest BCUT2D eigenvalue weighted by atomic mass is 10.1. The van der Waals surface area contributed by atoms with E-state index in [-0.39, 0.29) is 29.0 Å². The minimum Gasteiger partial charge on any atom is -0.376 e. The summed E-state index contributed by atoms with van der Waals surface area (Å²) < 4.78 is 58.8. The molecule has 0 aliphatic rings. The van der Waals surface area contributed by atoms with Gasteiger partial charge in [-0.15, -0.1) is 0 Å². The first-order valence-electron chi connectivity index (χ1n) is 7.26. The molecule has 0 aliphatic heterocycles. The zero-order valence-electron chi connectivity index (χ0n) is 13.5. The summed E-state index contributed by atoms with van der Waals surface area (Å²) in [6, 6.07) is 3.35. The molecule has 138 valence electrons. The second kappa shape index (κ2) is 6.71. The standard InChI is InChI=1S/C15H12BrF4N5O/c1-25(2)14-23-12(26-24-14)6-21-10-5-11(15(18,19)20)22-13-8(10)3-7(16)4-9(13)17/h3-5H,6H2,1-2H3,(H,21,22). The van der Waals surface area contributed by atoms with Crippen LogP contribution in [0.5, 0.6) is 0 Å². The number of halogens is 5. The Kier molecular flexibility index (Phi) is 4.74. The molecule has 1 aromatic carbocycles. The van der Waals surface area contributed by atoms with Crippen LogP contribution in [0.2, 0.25) is 0 Å². The highest BCUT2D eigenvalue weighted by molar-refractivity contribution is 9.10. The molecule has 0 spiro atoms. The minimum atomic E-state index is -4.72. The van der Waals surface area contributed by atoms with Gasteiger partial charge in [-0.1, -0.05) is 15.9 Å². The fourth-order valence-corrected chi connectivity index (χ4v) is 2.64. The van der Waals surface area contributed by atoms with Crippen molar-refractivity contribution in [1.29, 1.82) is 0 Å². The smallest absolute Gasteiger partial charge is 0.376 e. The van der Waals surface area contributed by atoms with Gasteiger partial charge in [-0.05, 0) is 23.4 Å². The Morgan fingerprint density at radius 3 is 2.54 bits per heavy atom. The molecule has 0 fully saturated rings. The summed E-state index contributed by atoms with van der Waals surface area (Å²) in [5, 5.41) is 6.69. The average molecular weight is 434 g/mol. The molecule has 11 heteroatoms. The van der Waals surface area contributed by atoms with Gasteiger partial charge in [-0.3, -0.25) is 0 Å². The van der Waals surface area contributed by atoms with Gasteiger partial charge in [0, 0.05) is 29.6 Å². The summed E-state index contributed by atoms with van der Waals surface area (Å²) in [6.07, 6.45) is -4.72. The minimum absolute atomic E-state index is 0.0363. The van der Waals surface area contributed by atoms with Crippen LogP contribution >= 0.6 is 15.9 Å². The van der Waals surface area contributed by atoms with Gasteiger partial charge in [-0.2, -0.15) is 18.2 Å². The van der Waals surface area contributed by atoms with E-state index in [9.17, 15) is 17.6 Å². The largest absolute Gasteiger partial charge is 0.433 e. The quantitative estimate of drug-likeness (QED) is 0.621. The van der Waals surface area contributed by atoms with Crippen molar-refractivity contribution < 1.29 is 22.1 Å². The van der Waals surface area contributed by atoms with E-state index in [2.05, 4.69) is 36.4 Å². The first-order valence-corrected chi connectivity index (χ1v) is 8.05. The number of pyridine rings is 1. The van der Waals surface area contributed by atoms with Crippen LogP contribution in [-0.4, -0.2) is 29.2 Å². The zero-order valence-corrected chi connectivity index (χ0v) is 15.1. The van der Waals surface area contributed by atoms with E-state index in [1.165, 1.54) is 6.07 Å². The van der Waals surface area contributed by atoms with Crippen LogP contribution in [0.25, 0.3) is 10.9 Å². The predicted molar refractivity (Wildman–Crippen MR) is 90.4 cm³/mol. The highest BCUT2D eigenvalue weighted by Crippen LogP contribution is 2.35. The second-order valence-electron chi connectivity index (χ2n) is 5.57. The molecule has 2 heterocycles. The highest BCUT2D eigenvalue weighted by Gasteiger charge is 2.34. The third kappa shape index (κ3) is 3.71. The summed E-state index contributed by atoms with van der Waals surface area (Å²) in [4.78, 5) is 9.10. The SMILES string of the molecule is CN(C)c1noc(CNc2cc(C(F)(F)F)nc3c(F)cc(Br)cc23)n1. The maximum Gasteiger partial charge on any atom is 0.433 e. The molecular weight excluding hydrogens is 422 g/mol. The Labute approximate surface area is 153 Å². The lowest BCUT2D eigenvalue weighted by molar-refractivity contribution is -0.140. The van der Waals surface area contributed by atoms with Crippen LogP contribution < -0.4 is 10.2 Å². The molecular formula is C15H12BrF4N5O. The molecule has 1 N–H and O–H groups in total. The van der Waals surface area contributed by atoms with Crippen molar-refractivity contribution in [2.45, 2.75) is 12.7 Å². The molecule has 0 amide bonds. The first-order chi connectivity index (χ1) is 12.1. The monoisotopic (exact) mass is 433 g/mol. The van der Waals surface area contributed by atoms with Crippen LogP contribution in [0, 0.1) is 5.82 Å². The van der Waals surface area contributed by atoms with E-state index in [0.29, 0.717) is 10.4 Å². The predicted octanol–water partition coefficient (Wildman–Crippen LogP) is 4.22. The van der Waals surface area contributed by atoms with Gasteiger partial charge in [0.05, 0.1) is 6.54 Å². The normalized spacial score (nSPS) is 11.8. The van der Waals surface area contributed by atoms with Crippen LogP contribution in [0.3, 0.4) is 0 Å². The fraction of sp³-hybridized carbons (Fsp3) is 0.267. The highest BCUT2D eigenvalue weighted by atomic mass is 79.9. The third-order valence-corrected chi connectivity index (χ3v) is 3.87. The number of fused-ring (bicyclic) bond motifs is 1. The molecule has 0 saturated heterocycles. The summed E-state index contributed by atoms with van der Waals surface area (Å²) in [5.74, 6) is -0.370. The van der Waals surface area contributed by atoms with E-state index in [1.807, 2.05) is 0 Å². The van der Waals surface area contributed by atoms with Crippen molar-refractivity contribution in [1.82, 2.24) is 15.1 Å². The van der Waals surface area contributed by atoms with Crippen LogP contribution in [0.4, 0.5) is 29.2 Å². The number of hydrogen-bond acceptors (Lipinski definition) is 6. The summed E-state index contributed by atoms with van der Waals surface area (Å²) in [5.41, 5.74) is -1.54. The van der Waals surface area contributed by atoms with E-state index in [1.54, 1.807) is 19.0 Å². The average Bonchev–Trinajstić information content (AvgIpc) is 3.01. The number of nitrogens with one attached hydrogen (secondary N) is 1. The molecule has 0 radical (unpaired) electrons. The molecule has 0 unspecified atom stereocenters. The molecule has 3 aromatic rings. The van der Waals surface area contributed by atoms with Crippen LogP contribution in [-0.2, 0) is 12.7 Å². The van der Waals surface area contributed by atoms with E-state index in [4.69, 9.17) is 4.52 Å². The molecule has 3 rings (SSSR count). The van der Waals surface area contributed by atoms with Crippen molar-refractivity contribution in [3.63, 3.8) is 0 Å².